The van der Waals surface area contributed by atoms with Crippen LogP contribution in [-0.2, 0) is 19.1 Å². The lowest BCUT2D eigenvalue weighted by molar-refractivity contribution is -0.153. The van der Waals surface area contributed by atoms with Gasteiger partial charge in [0.05, 0.1) is 6.42 Å². The van der Waals surface area contributed by atoms with E-state index in [2.05, 4.69) is 12.2 Å². The molecule has 1 fully saturated rings. The average Bonchev–Trinajstić information content (AvgIpc) is 3.02. The van der Waals surface area contributed by atoms with Crippen molar-refractivity contribution in [1.29, 1.82) is 0 Å². The van der Waals surface area contributed by atoms with Crippen molar-refractivity contribution in [2.75, 3.05) is 0 Å². The second kappa shape index (κ2) is 11.9. The van der Waals surface area contributed by atoms with Crippen LogP contribution in [-0.4, -0.2) is 35.1 Å². The Morgan fingerprint density at radius 1 is 1.08 bits per heavy atom. The highest BCUT2D eigenvalue weighted by molar-refractivity contribution is 5.87. The standard InChI is InChI=1S/C18H31NO5/c1-2-3-4-5-6-7-12-16(20)19-15(18(22)23)13-17(21)24-14-10-8-9-11-14/h14-15H,2-13H2,1H3,(H,19,20)(H,22,23)/t15-/m0/s1. The van der Waals surface area contributed by atoms with Gasteiger partial charge in [-0.25, -0.2) is 4.79 Å². The van der Waals surface area contributed by atoms with Gasteiger partial charge in [0.15, 0.2) is 0 Å². The molecule has 1 saturated carbocycles. The van der Waals surface area contributed by atoms with E-state index in [4.69, 9.17) is 4.74 Å². The third-order valence-electron chi connectivity index (χ3n) is 4.36. The molecule has 0 spiro atoms. The van der Waals surface area contributed by atoms with Crippen LogP contribution in [0.3, 0.4) is 0 Å². The van der Waals surface area contributed by atoms with E-state index in [1.54, 1.807) is 0 Å². The topological polar surface area (TPSA) is 92.7 Å². The van der Waals surface area contributed by atoms with E-state index in [9.17, 15) is 19.5 Å². The Kier molecular flexibility index (Phi) is 10.1. The van der Waals surface area contributed by atoms with Crippen molar-refractivity contribution >= 4 is 17.8 Å². The van der Waals surface area contributed by atoms with Crippen molar-refractivity contribution in [3.8, 4) is 0 Å². The molecule has 1 aliphatic carbocycles. The predicted octanol–water partition coefficient (Wildman–Crippen LogP) is 3.18. The summed E-state index contributed by atoms with van der Waals surface area (Å²) in [5, 5.41) is 11.6. The zero-order valence-electron chi connectivity index (χ0n) is 14.7. The lowest BCUT2D eigenvalue weighted by Crippen LogP contribution is -2.42. The predicted molar refractivity (Wildman–Crippen MR) is 90.5 cm³/mol. The number of carbonyl (C=O) groups is 3. The Balaban J connectivity index is 2.24. The van der Waals surface area contributed by atoms with E-state index in [0.29, 0.717) is 6.42 Å². The minimum absolute atomic E-state index is 0.0919. The molecule has 0 saturated heterocycles. The Labute approximate surface area is 144 Å². The molecular weight excluding hydrogens is 310 g/mol. The summed E-state index contributed by atoms with van der Waals surface area (Å²) in [5.41, 5.74) is 0. The number of carbonyl (C=O) groups excluding carboxylic acids is 2. The van der Waals surface area contributed by atoms with Gasteiger partial charge in [-0.3, -0.25) is 9.59 Å². The highest BCUT2D eigenvalue weighted by atomic mass is 16.5. The van der Waals surface area contributed by atoms with Gasteiger partial charge in [0.25, 0.3) is 0 Å². The number of amides is 1. The number of ether oxygens (including phenoxy) is 1. The van der Waals surface area contributed by atoms with Gasteiger partial charge in [-0.1, -0.05) is 39.0 Å². The van der Waals surface area contributed by atoms with Crippen LogP contribution in [0, 0.1) is 0 Å². The number of aliphatic carboxylic acids is 1. The molecule has 2 N–H and O–H groups in total. The van der Waals surface area contributed by atoms with E-state index >= 15 is 0 Å². The van der Waals surface area contributed by atoms with Crippen LogP contribution < -0.4 is 5.32 Å². The second-order valence-electron chi connectivity index (χ2n) is 6.58. The summed E-state index contributed by atoms with van der Waals surface area (Å²) in [6.45, 7) is 2.15. The molecule has 1 rings (SSSR count). The summed E-state index contributed by atoms with van der Waals surface area (Å²) in [6.07, 6.45) is 10.0. The highest BCUT2D eigenvalue weighted by Crippen LogP contribution is 2.21. The summed E-state index contributed by atoms with van der Waals surface area (Å²) < 4.78 is 5.26. The fourth-order valence-corrected chi connectivity index (χ4v) is 2.94. The molecule has 1 amide bonds. The first-order chi connectivity index (χ1) is 11.5. The first-order valence-electron chi connectivity index (χ1n) is 9.24. The van der Waals surface area contributed by atoms with Gasteiger partial charge in [0.2, 0.25) is 5.91 Å². The van der Waals surface area contributed by atoms with Gasteiger partial charge in [-0.05, 0) is 32.1 Å². The van der Waals surface area contributed by atoms with E-state index in [1.807, 2.05) is 0 Å². The van der Waals surface area contributed by atoms with Crippen LogP contribution in [0.2, 0.25) is 0 Å². The number of rotatable bonds is 12. The van der Waals surface area contributed by atoms with Gasteiger partial charge in [0.1, 0.15) is 12.1 Å². The molecule has 0 aromatic heterocycles. The maximum absolute atomic E-state index is 11.8. The Bertz CT molecular complexity index is 404. The zero-order chi connectivity index (χ0) is 17.8. The number of esters is 1. The molecule has 138 valence electrons. The molecule has 6 heteroatoms. The third-order valence-corrected chi connectivity index (χ3v) is 4.36. The van der Waals surface area contributed by atoms with Crippen LogP contribution >= 0.6 is 0 Å². The molecule has 0 unspecified atom stereocenters. The summed E-state index contributed by atoms with van der Waals surface area (Å²) in [4.78, 5) is 34.9. The Morgan fingerprint density at radius 3 is 2.33 bits per heavy atom. The molecule has 1 atom stereocenters. The summed E-state index contributed by atoms with van der Waals surface area (Å²) in [7, 11) is 0. The lowest BCUT2D eigenvalue weighted by atomic mass is 10.1. The fraction of sp³-hybridized carbons (Fsp3) is 0.833. The minimum Gasteiger partial charge on any atom is -0.480 e. The molecule has 0 radical (unpaired) electrons. The van der Waals surface area contributed by atoms with Crippen LogP contribution in [0.25, 0.3) is 0 Å². The molecule has 0 bridgehead atoms. The maximum atomic E-state index is 11.8. The first-order valence-corrected chi connectivity index (χ1v) is 9.24. The maximum Gasteiger partial charge on any atom is 0.326 e. The van der Waals surface area contributed by atoms with Crippen LogP contribution in [0.4, 0.5) is 0 Å². The highest BCUT2D eigenvalue weighted by Gasteiger charge is 2.26. The van der Waals surface area contributed by atoms with Gasteiger partial charge < -0.3 is 15.2 Å². The van der Waals surface area contributed by atoms with E-state index in [-0.39, 0.29) is 18.4 Å². The Morgan fingerprint density at radius 2 is 1.71 bits per heavy atom. The number of unbranched alkanes of at least 4 members (excludes halogenated alkanes) is 5. The average molecular weight is 341 g/mol. The van der Waals surface area contributed by atoms with Crippen LogP contribution in [0.5, 0.6) is 0 Å². The molecule has 0 aromatic rings. The van der Waals surface area contributed by atoms with Gasteiger partial charge in [0, 0.05) is 6.42 Å². The third kappa shape index (κ3) is 8.89. The molecule has 0 aromatic carbocycles. The lowest BCUT2D eigenvalue weighted by Gasteiger charge is -2.16. The van der Waals surface area contributed by atoms with E-state index < -0.39 is 18.0 Å². The molecule has 1 aliphatic rings. The number of hydrogen-bond donors (Lipinski definition) is 2. The molecule has 0 heterocycles. The van der Waals surface area contributed by atoms with E-state index in [1.165, 1.54) is 19.3 Å². The molecule has 0 aliphatic heterocycles. The number of carboxylic acid groups (broad SMARTS) is 1. The zero-order valence-corrected chi connectivity index (χ0v) is 14.7. The van der Waals surface area contributed by atoms with Gasteiger partial charge in [-0.15, -0.1) is 0 Å². The van der Waals surface area contributed by atoms with Crippen molar-refractivity contribution in [2.45, 2.75) is 96.1 Å². The second-order valence-corrected chi connectivity index (χ2v) is 6.58. The normalized spacial score (nSPS) is 15.9. The van der Waals surface area contributed by atoms with Crippen molar-refractivity contribution in [3.63, 3.8) is 0 Å². The summed E-state index contributed by atoms with van der Waals surface area (Å²) in [6, 6.07) is -1.20. The van der Waals surface area contributed by atoms with Crippen molar-refractivity contribution < 1.29 is 24.2 Å². The largest absolute Gasteiger partial charge is 0.480 e. The molecular formula is C18H31NO5. The smallest absolute Gasteiger partial charge is 0.326 e. The first kappa shape index (κ1) is 20.5. The van der Waals surface area contributed by atoms with Gasteiger partial charge in [-0.2, -0.15) is 0 Å². The van der Waals surface area contributed by atoms with Crippen molar-refractivity contribution in [2.24, 2.45) is 0 Å². The fourth-order valence-electron chi connectivity index (χ4n) is 2.94. The molecule has 24 heavy (non-hydrogen) atoms. The Hall–Kier alpha value is -1.59. The van der Waals surface area contributed by atoms with Crippen molar-refractivity contribution in [1.82, 2.24) is 5.32 Å². The monoisotopic (exact) mass is 341 g/mol. The van der Waals surface area contributed by atoms with Crippen LogP contribution in [0.1, 0.15) is 84.0 Å². The summed E-state index contributed by atoms with van der Waals surface area (Å²) >= 11 is 0. The number of carboxylic acids is 1. The van der Waals surface area contributed by atoms with E-state index in [0.717, 1.165) is 44.9 Å². The van der Waals surface area contributed by atoms with Crippen LogP contribution in [0.15, 0.2) is 0 Å². The number of hydrogen-bond acceptors (Lipinski definition) is 4. The SMILES string of the molecule is CCCCCCCCC(=O)N[C@@H](CC(=O)OC1CCCC1)C(=O)O. The quantitative estimate of drug-likeness (QED) is 0.420. The molecule has 6 nitrogen and oxygen atoms in total. The van der Waals surface area contributed by atoms with Crippen molar-refractivity contribution in [3.05, 3.63) is 0 Å². The van der Waals surface area contributed by atoms with Gasteiger partial charge >= 0.3 is 11.9 Å². The minimum atomic E-state index is -1.20. The number of nitrogens with one attached hydrogen (secondary N) is 1. The summed E-state index contributed by atoms with van der Waals surface area (Å²) in [5.74, 6) is -2.06.